The summed E-state index contributed by atoms with van der Waals surface area (Å²) in [6.07, 6.45) is -4.44. The third-order valence-corrected chi connectivity index (χ3v) is 3.62. The quantitative estimate of drug-likeness (QED) is 0.873. The third-order valence-electron chi connectivity index (χ3n) is 3.62. The number of nitrogens with zero attached hydrogens (tertiary/aromatic N) is 4. The van der Waals surface area contributed by atoms with Crippen LogP contribution < -0.4 is 21.0 Å². The Labute approximate surface area is 134 Å². The molecule has 6 nitrogen and oxygen atoms in total. The van der Waals surface area contributed by atoms with Gasteiger partial charge in [0.2, 0.25) is 5.84 Å². The van der Waals surface area contributed by atoms with Gasteiger partial charge < -0.3 is 0 Å². The van der Waals surface area contributed by atoms with E-state index in [-0.39, 0.29) is 11.5 Å². The predicted molar refractivity (Wildman–Crippen MR) is 81.0 cm³/mol. The molecule has 0 bridgehead atoms. The van der Waals surface area contributed by atoms with Crippen LogP contribution in [0.4, 0.5) is 30.2 Å². The van der Waals surface area contributed by atoms with E-state index in [2.05, 4.69) is 16.1 Å². The minimum Gasteiger partial charge on any atom is -0.274 e. The van der Waals surface area contributed by atoms with E-state index in [1.807, 2.05) is 0 Å². The van der Waals surface area contributed by atoms with Crippen LogP contribution in [0.25, 0.3) is 0 Å². The number of amidine groups is 1. The summed E-state index contributed by atoms with van der Waals surface area (Å²) >= 11 is 0. The molecule has 1 amide bonds. The number of anilines is 3. The summed E-state index contributed by atoms with van der Waals surface area (Å²) in [5.74, 6) is -0.481. The largest absolute Gasteiger partial charge is 0.416 e. The number of carbonyl (C=O) groups is 1. The molecule has 2 aliphatic rings. The Kier molecular flexibility index (Phi) is 3.00. The molecule has 1 N–H and O–H groups in total. The summed E-state index contributed by atoms with van der Waals surface area (Å²) < 4.78 is 37.9. The lowest BCUT2D eigenvalue weighted by Crippen LogP contribution is -2.35. The molecule has 2 aromatic rings. The Bertz CT molecular complexity index is 847. The highest BCUT2D eigenvalue weighted by atomic mass is 19.4. The maximum absolute atomic E-state index is 12.6. The zero-order valence-corrected chi connectivity index (χ0v) is 11.9. The Morgan fingerprint density at radius 2 is 1.67 bits per heavy atom. The van der Waals surface area contributed by atoms with Crippen molar-refractivity contribution in [3.63, 3.8) is 0 Å². The molecule has 0 atom stereocenters. The average Bonchev–Trinajstić information content (AvgIpc) is 2.92. The monoisotopic (exact) mass is 332 g/mol. The molecule has 24 heavy (non-hydrogen) atoms. The number of amides is 1. The summed E-state index contributed by atoms with van der Waals surface area (Å²) in [7, 11) is 0. The lowest BCUT2D eigenvalue weighted by molar-refractivity contribution is -0.137. The molecule has 4 rings (SSSR count). The van der Waals surface area contributed by atoms with E-state index in [1.54, 1.807) is 24.3 Å². The molecule has 9 heteroatoms. The van der Waals surface area contributed by atoms with Crippen molar-refractivity contribution in [3.8, 4) is 0 Å². The second-order valence-electron chi connectivity index (χ2n) is 5.13. The number of hydrazone groups is 1. The fourth-order valence-corrected chi connectivity index (χ4v) is 2.44. The number of halogens is 3. The minimum atomic E-state index is -4.44. The number of hydrogen-bond donors (Lipinski definition) is 1. The first-order valence-corrected chi connectivity index (χ1v) is 6.91. The lowest BCUT2D eigenvalue weighted by Gasteiger charge is -2.22. The molecule has 0 spiro atoms. The van der Waals surface area contributed by atoms with E-state index in [4.69, 9.17) is 0 Å². The fraction of sp³-hybridized carbons (Fsp3) is 0.0667. The SMILES string of the molecule is O=C1C2=NNc3ccccc3N2[N]N1c1ccc(C(F)(F)F)cc1. The second kappa shape index (κ2) is 4.96. The van der Waals surface area contributed by atoms with Crippen LogP contribution in [-0.4, -0.2) is 11.7 Å². The molecule has 0 saturated carbocycles. The van der Waals surface area contributed by atoms with Crippen molar-refractivity contribution in [2.45, 2.75) is 6.18 Å². The van der Waals surface area contributed by atoms with Crippen LogP contribution in [0.5, 0.6) is 0 Å². The number of para-hydroxylation sites is 2. The molecule has 2 aromatic carbocycles. The van der Waals surface area contributed by atoms with Gasteiger partial charge in [-0.25, -0.2) is 5.01 Å². The standard InChI is InChI=1S/C15H9F3N5O/c16-15(17,18)9-5-7-10(8-6-9)22-14(24)13-20-19-11-3-1-2-4-12(11)23(13)21-22/h1-8,19H. The van der Waals surface area contributed by atoms with Gasteiger partial charge in [0, 0.05) is 0 Å². The molecule has 0 aromatic heterocycles. The van der Waals surface area contributed by atoms with Crippen molar-refractivity contribution in [1.29, 1.82) is 0 Å². The number of hydrogen-bond acceptors (Lipinski definition) is 4. The van der Waals surface area contributed by atoms with Crippen molar-refractivity contribution < 1.29 is 18.0 Å². The summed E-state index contributed by atoms with van der Waals surface area (Å²) in [5, 5.41) is 6.34. The van der Waals surface area contributed by atoms with Gasteiger partial charge in [0.05, 0.1) is 22.6 Å². The molecular formula is C15H9F3N5O. The van der Waals surface area contributed by atoms with E-state index in [1.165, 1.54) is 17.1 Å². The van der Waals surface area contributed by atoms with Crippen LogP contribution in [0.1, 0.15) is 5.56 Å². The molecule has 1 radical (unpaired) electrons. The van der Waals surface area contributed by atoms with Gasteiger partial charge in [-0.15, -0.1) is 5.10 Å². The Hall–Kier alpha value is -3.07. The number of fused-ring (bicyclic) bond motifs is 3. The molecule has 0 aliphatic carbocycles. The topological polar surface area (TPSA) is 62.0 Å². The Morgan fingerprint density at radius 1 is 0.958 bits per heavy atom. The van der Waals surface area contributed by atoms with Gasteiger partial charge in [0.15, 0.2) is 0 Å². The number of rotatable bonds is 1. The van der Waals surface area contributed by atoms with Crippen molar-refractivity contribution in [3.05, 3.63) is 54.1 Å². The third kappa shape index (κ3) is 2.17. The van der Waals surface area contributed by atoms with Gasteiger partial charge in [0.1, 0.15) is 0 Å². The summed E-state index contributed by atoms with van der Waals surface area (Å²) in [6.45, 7) is 0. The van der Waals surface area contributed by atoms with Crippen LogP contribution in [0.3, 0.4) is 0 Å². The summed E-state index contributed by atoms with van der Waals surface area (Å²) in [5.41, 5.74) is 7.65. The molecule has 2 heterocycles. The smallest absolute Gasteiger partial charge is 0.274 e. The Morgan fingerprint density at radius 3 is 2.38 bits per heavy atom. The maximum Gasteiger partial charge on any atom is 0.416 e. The zero-order valence-electron chi connectivity index (χ0n) is 11.9. The van der Waals surface area contributed by atoms with E-state index < -0.39 is 17.6 Å². The van der Waals surface area contributed by atoms with Gasteiger partial charge >= 0.3 is 12.1 Å². The van der Waals surface area contributed by atoms with Crippen LogP contribution in [0.2, 0.25) is 0 Å². The van der Waals surface area contributed by atoms with Crippen molar-refractivity contribution in [1.82, 2.24) is 5.53 Å². The highest BCUT2D eigenvalue weighted by molar-refractivity contribution is 6.49. The molecular weight excluding hydrogens is 323 g/mol. The first-order chi connectivity index (χ1) is 11.4. The molecule has 2 aliphatic heterocycles. The van der Waals surface area contributed by atoms with Crippen LogP contribution >= 0.6 is 0 Å². The highest BCUT2D eigenvalue weighted by Gasteiger charge is 2.41. The van der Waals surface area contributed by atoms with E-state index in [9.17, 15) is 18.0 Å². The molecule has 0 unspecified atom stereocenters. The first-order valence-electron chi connectivity index (χ1n) is 6.91. The van der Waals surface area contributed by atoms with Gasteiger partial charge in [0.25, 0.3) is 0 Å². The van der Waals surface area contributed by atoms with Crippen LogP contribution in [-0.2, 0) is 11.0 Å². The number of nitrogens with one attached hydrogen (secondary N) is 1. The van der Waals surface area contributed by atoms with E-state index in [0.29, 0.717) is 11.4 Å². The first kappa shape index (κ1) is 14.5. The van der Waals surface area contributed by atoms with Gasteiger partial charge in [-0.2, -0.15) is 18.2 Å². The normalized spacial score (nSPS) is 16.5. The van der Waals surface area contributed by atoms with E-state index in [0.717, 1.165) is 17.1 Å². The Balaban J connectivity index is 1.66. The minimum absolute atomic E-state index is 0.0496. The summed E-state index contributed by atoms with van der Waals surface area (Å²) in [6, 6.07) is 11.3. The molecule has 1 fully saturated rings. The average molecular weight is 332 g/mol. The number of benzene rings is 2. The highest BCUT2D eigenvalue weighted by Crippen LogP contribution is 2.34. The van der Waals surface area contributed by atoms with Gasteiger partial charge in [-0.3, -0.25) is 10.2 Å². The molecule has 1 saturated heterocycles. The van der Waals surface area contributed by atoms with E-state index >= 15 is 0 Å². The number of carbonyl (C=O) groups excluding carboxylic acids is 1. The van der Waals surface area contributed by atoms with Gasteiger partial charge in [-0.1, -0.05) is 12.1 Å². The zero-order chi connectivity index (χ0) is 16.9. The van der Waals surface area contributed by atoms with Crippen molar-refractivity contribution in [2.75, 3.05) is 15.4 Å². The lowest BCUT2D eigenvalue weighted by atomic mass is 10.2. The predicted octanol–water partition coefficient (Wildman–Crippen LogP) is 2.73. The van der Waals surface area contributed by atoms with Crippen LogP contribution in [0, 0.1) is 0 Å². The molecule has 121 valence electrons. The van der Waals surface area contributed by atoms with Crippen molar-refractivity contribution >= 4 is 28.8 Å². The maximum atomic E-state index is 12.6. The van der Waals surface area contributed by atoms with Crippen molar-refractivity contribution in [2.24, 2.45) is 5.10 Å². The van der Waals surface area contributed by atoms with Crippen LogP contribution in [0.15, 0.2) is 53.6 Å². The second-order valence-corrected chi connectivity index (χ2v) is 5.13. The summed E-state index contributed by atoms with van der Waals surface area (Å²) in [4.78, 5) is 12.4. The fourth-order valence-electron chi connectivity index (χ4n) is 2.44. The number of alkyl halides is 3. The van der Waals surface area contributed by atoms with Gasteiger partial charge in [-0.05, 0) is 41.9 Å².